The Labute approximate surface area is 135 Å². The Morgan fingerprint density at radius 1 is 1.29 bits per heavy atom. The van der Waals surface area contributed by atoms with Crippen LogP contribution in [0.5, 0.6) is 0 Å². The van der Waals surface area contributed by atoms with Crippen LogP contribution in [0.2, 0.25) is 5.02 Å². The van der Waals surface area contributed by atoms with Crippen LogP contribution in [-0.4, -0.2) is 25.0 Å². The summed E-state index contributed by atoms with van der Waals surface area (Å²) in [6, 6.07) is 10.9. The van der Waals surface area contributed by atoms with Crippen LogP contribution in [0.1, 0.15) is 28.5 Å². The van der Waals surface area contributed by atoms with E-state index in [1.54, 1.807) is 4.88 Å². The van der Waals surface area contributed by atoms with Gasteiger partial charge in [0.05, 0.1) is 0 Å². The van der Waals surface area contributed by atoms with Crippen LogP contribution in [0.3, 0.4) is 0 Å². The van der Waals surface area contributed by atoms with Crippen LogP contribution in [0.15, 0.2) is 35.7 Å². The Balaban J connectivity index is 1.57. The molecular formula is C17H21ClN2S. The molecule has 0 aliphatic carbocycles. The summed E-state index contributed by atoms with van der Waals surface area (Å²) in [5, 5.41) is 6.44. The van der Waals surface area contributed by atoms with E-state index in [2.05, 4.69) is 33.8 Å². The molecule has 0 radical (unpaired) electrons. The molecule has 2 heterocycles. The molecule has 1 atom stereocenters. The number of nitrogens with zero attached hydrogens (tertiary/aromatic N) is 1. The van der Waals surface area contributed by atoms with Crippen molar-refractivity contribution in [2.75, 3.05) is 20.1 Å². The van der Waals surface area contributed by atoms with Gasteiger partial charge in [0.15, 0.2) is 0 Å². The fraction of sp³-hybridized carbons (Fsp3) is 0.412. The second kappa shape index (κ2) is 6.93. The first kappa shape index (κ1) is 15.0. The van der Waals surface area contributed by atoms with E-state index in [9.17, 15) is 0 Å². The lowest BCUT2D eigenvalue weighted by molar-refractivity contribution is 0.242. The molecule has 21 heavy (non-hydrogen) atoms. The molecule has 1 aromatic heterocycles. The quantitative estimate of drug-likeness (QED) is 0.892. The summed E-state index contributed by atoms with van der Waals surface area (Å²) in [5.41, 5.74) is 2.84. The lowest BCUT2D eigenvalue weighted by Gasteiger charge is -2.28. The summed E-state index contributed by atoms with van der Waals surface area (Å²) in [6.07, 6.45) is 2.33. The van der Waals surface area contributed by atoms with Gasteiger partial charge in [0, 0.05) is 35.6 Å². The minimum absolute atomic E-state index is 0.395. The first-order chi connectivity index (χ1) is 10.3. The molecule has 3 rings (SSSR count). The van der Waals surface area contributed by atoms with Gasteiger partial charge in [-0.2, -0.15) is 0 Å². The minimum atomic E-state index is 0.395. The number of benzene rings is 1. The number of halogens is 1. The van der Waals surface area contributed by atoms with Gasteiger partial charge in [-0.25, -0.2) is 0 Å². The molecule has 2 aromatic rings. The number of rotatable bonds is 5. The van der Waals surface area contributed by atoms with Crippen molar-refractivity contribution in [3.63, 3.8) is 0 Å². The average molecular weight is 321 g/mol. The van der Waals surface area contributed by atoms with E-state index in [0.29, 0.717) is 6.04 Å². The summed E-state index contributed by atoms with van der Waals surface area (Å²) in [6.45, 7) is 3.42. The molecule has 0 fully saturated rings. The van der Waals surface area contributed by atoms with Crippen molar-refractivity contribution >= 4 is 22.9 Å². The van der Waals surface area contributed by atoms with E-state index in [1.165, 1.54) is 24.1 Å². The van der Waals surface area contributed by atoms with Gasteiger partial charge in [0.2, 0.25) is 0 Å². The fourth-order valence-electron chi connectivity index (χ4n) is 2.98. The highest BCUT2D eigenvalue weighted by molar-refractivity contribution is 7.10. The van der Waals surface area contributed by atoms with Crippen molar-refractivity contribution in [1.82, 2.24) is 10.2 Å². The Morgan fingerprint density at radius 2 is 2.10 bits per heavy atom. The van der Waals surface area contributed by atoms with Crippen molar-refractivity contribution in [2.24, 2.45) is 0 Å². The molecule has 4 heteroatoms. The van der Waals surface area contributed by atoms with Gasteiger partial charge >= 0.3 is 0 Å². The van der Waals surface area contributed by atoms with Crippen LogP contribution in [0.25, 0.3) is 0 Å². The van der Waals surface area contributed by atoms with Gasteiger partial charge in [0.1, 0.15) is 0 Å². The summed E-state index contributed by atoms with van der Waals surface area (Å²) >= 11 is 7.87. The van der Waals surface area contributed by atoms with E-state index in [-0.39, 0.29) is 0 Å². The number of hydrogen-bond donors (Lipinski definition) is 1. The van der Waals surface area contributed by atoms with Crippen molar-refractivity contribution in [2.45, 2.75) is 25.4 Å². The van der Waals surface area contributed by atoms with Crippen LogP contribution in [0.4, 0.5) is 0 Å². The standard InChI is InChI=1S/C17H21ClN2S/c1-19-16(13-2-4-15(18)5-3-13)6-9-20-10-7-17-14(12-20)8-11-21-17/h2-5,8,11,16,19H,6-7,9-10,12H2,1H3. The molecule has 2 nitrogen and oxygen atoms in total. The highest BCUT2D eigenvalue weighted by Crippen LogP contribution is 2.25. The normalized spacial score (nSPS) is 16.7. The second-order valence-corrected chi connectivity index (χ2v) is 7.01. The largest absolute Gasteiger partial charge is 0.313 e. The maximum Gasteiger partial charge on any atom is 0.0406 e. The van der Waals surface area contributed by atoms with E-state index in [1.807, 2.05) is 30.5 Å². The summed E-state index contributed by atoms with van der Waals surface area (Å²) in [5.74, 6) is 0. The maximum atomic E-state index is 5.97. The molecule has 112 valence electrons. The van der Waals surface area contributed by atoms with Crippen LogP contribution < -0.4 is 5.32 Å². The topological polar surface area (TPSA) is 15.3 Å². The van der Waals surface area contributed by atoms with Gasteiger partial charge in [-0.3, -0.25) is 4.90 Å². The molecule has 1 aliphatic rings. The Hall–Kier alpha value is -0.870. The van der Waals surface area contributed by atoms with Crippen LogP contribution in [-0.2, 0) is 13.0 Å². The molecule has 0 saturated carbocycles. The van der Waals surface area contributed by atoms with E-state index in [0.717, 1.165) is 24.5 Å². The molecule has 0 amide bonds. The van der Waals surface area contributed by atoms with E-state index < -0.39 is 0 Å². The minimum Gasteiger partial charge on any atom is -0.313 e. The molecule has 1 unspecified atom stereocenters. The second-order valence-electron chi connectivity index (χ2n) is 5.58. The molecule has 0 bridgehead atoms. The number of nitrogens with one attached hydrogen (secondary N) is 1. The van der Waals surface area contributed by atoms with Gasteiger partial charge in [-0.15, -0.1) is 11.3 Å². The van der Waals surface area contributed by atoms with Gasteiger partial charge in [-0.05, 0) is 54.6 Å². The lowest BCUT2D eigenvalue weighted by atomic mass is 10.0. The highest BCUT2D eigenvalue weighted by atomic mass is 35.5. The van der Waals surface area contributed by atoms with Crippen molar-refractivity contribution < 1.29 is 0 Å². The van der Waals surface area contributed by atoms with Crippen molar-refractivity contribution in [3.05, 3.63) is 56.7 Å². The van der Waals surface area contributed by atoms with Crippen LogP contribution in [0, 0.1) is 0 Å². The first-order valence-electron chi connectivity index (χ1n) is 7.46. The average Bonchev–Trinajstić information content (AvgIpc) is 2.97. The summed E-state index contributed by atoms with van der Waals surface area (Å²) in [4.78, 5) is 4.14. The molecule has 0 saturated heterocycles. The third-order valence-electron chi connectivity index (χ3n) is 4.24. The summed E-state index contributed by atoms with van der Waals surface area (Å²) in [7, 11) is 2.03. The molecule has 1 N–H and O–H groups in total. The Morgan fingerprint density at radius 3 is 2.86 bits per heavy atom. The summed E-state index contributed by atoms with van der Waals surface area (Å²) < 4.78 is 0. The molecular weight excluding hydrogens is 300 g/mol. The third kappa shape index (κ3) is 3.67. The fourth-order valence-corrected chi connectivity index (χ4v) is 4.00. The smallest absolute Gasteiger partial charge is 0.0406 e. The predicted molar refractivity (Wildman–Crippen MR) is 91.2 cm³/mol. The zero-order valence-electron chi connectivity index (χ0n) is 12.3. The molecule has 0 spiro atoms. The van der Waals surface area contributed by atoms with Gasteiger partial charge in [0.25, 0.3) is 0 Å². The molecule has 1 aliphatic heterocycles. The molecule has 1 aromatic carbocycles. The lowest BCUT2D eigenvalue weighted by Crippen LogP contribution is -2.32. The predicted octanol–water partition coefficient (Wildman–Crippen LogP) is 4.11. The number of fused-ring (bicyclic) bond motifs is 1. The zero-order valence-corrected chi connectivity index (χ0v) is 13.9. The monoisotopic (exact) mass is 320 g/mol. The van der Waals surface area contributed by atoms with Gasteiger partial charge < -0.3 is 5.32 Å². The van der Waals surface area contributed by atoms with Gasteiger partial charge in [-0.1, -0.05) is 23.7 Å². The number of hydrogen-bond acceptors (Lipinski definition) is 3. The Bertz CT molecular complexity index is 579. The maximum absolute atomic E-state index is 5.97. The third-order valence-corrected chi connectivity index (χ3v) is 5.52. The highest BCUT2D eigenvalue weighted by Gasteiger charge is 2.18. The first-order valence-corrected chi connectivity index (χ1v) is 8.72. The zero-order chi connectivity index (χ0) is 14.7. The Kier molecular flexibility index (Phi) is 4.96. The van der Waals surface area contributed by atoms with Crippen molar-refractivity contribution in [1.29, 1.82) is 0 Å². The van der Waals surface area contributed by atoms with Crippen LogP contribution >= 0.6 is 22.9 Å². The van der Waals surface area contributed by atoms with Crippen molar-refractivity contribution in [3.8, 4) is 0 Å². The SMILES string of the molecule is CNC(CCN1CCc2sccc2C1)c1ccc(Cl)cc1. The number of thiophene rings is 1. The van der Waals surface area contributed by atoms with E-state index >= 15 is 0 Å². The van der Waals surface area contributed by atoms with E-state index in [4.69, 9.17) is 11.6 Å².